The first kappa shape index (κ1) is 22.1. The van der Waals surface area contributed by atoms with Crippen molar-refractivity contribution < 1.29 is 14.0 Å². The van der Waals surface area contributed by atoms with Crippen LogP contribution in [0.2, 0.25) is 5.02 Å². The highest BCUT2D eigenvalue weighted by Gasteiger charge is 2.27. The Morgan fingerprint density at radius 2 is 1.62 bits per heavy atom. The van der Waals surface area contributed by atoms with E-state index in [0.29, 0.717) is 42.1 Å². The number of halogens is 2. The molecule has 2 aromatic carbocycles. The second-order valence-corrected chi connectivity index (χ2v) is 8.58. The Hall–Kier alpha value is -3.12. The van der Waals surface area contributed by atoms with Crippen LogP contribution in [0.4, 0.5) is 4.39 Å². The van der Waals surface area contributed by atoms with E-state index in [1.807, 2.05) is 49.1 Å². The molecule has 0 spiro atoms. The van der Waals surface area contributed by atoms with Gasteiger partial charge in [-0.1, -0.05) is 11.6 Å². The van der Waals surface area contributed by atoms with Gasteiger partial charge in [-0.15, -0.1) is 0 Å². The summed E-state index contributed by atoms with van der Waals surface area (Å²) in [4.78, 5) is 27.4. The summed E-state index contributed by atoms with van der Waals surface area (Å²) in [6.45, 7) is 5.07. The van der Waals surface area contributed by atoms with Crippen molar-refractivity contribution in [1.29, 1.82) is 0 Å². The Labute approximate surface area is 191 Å². The maximum absolute atomic E-state index is 13.2. The van der Waals surface area contributed by atoms with Crippen molar-refractivity contribution >= 4 is 23.4 Å². The SMILES string of the molecule is Cc1cc(C(=O)N2CCC(NC(=O)c3ccc(F)cc3)CC2)c(C)n1-c1ccc(Cl)cc1. The van der Waals surface area contributed by atoms with Gasteiger partial charge in [-0.05, 0) is 81.3 Å². The first-order valence-corrected chi connectivity index (χ1v) is 11.0. The van der Waals surface area contributed by atoms with Crippen molar-refractivity contribution in [3.05, 3.63) is 88.0 Å². The Morgan fingerprint density at radius 3 is 2.25 bits per heavy atom. The molecule has 2 heterocycles. The lowest BCUT2D eigenvalue weighted by Crippen LogP contribution is -2.46. The quantitative estimate of drug-likeness (QED) is 0.609. The first-order chi connectivity index (χ1) is 15.3. The number of rotatable bonds is 4. The topological polar surface area (TPSA) is 54.3 Å². The minimum absolute atomic E-state index is 0.00150. The van der Waals surface area contributed by atoms with E-state index in [-0.39, 0.29) is 23.7 Å². The van der Waals surface area contributed by atoms with Crippen molar-refractivity contribution in [1.82, 2.24) is 14.8 Å². The maximum Gasteiger partial charge on any atom is 0.255 e. The number of carbonyl (C=O) groups excluding carboxylic acids is 2. The van der Waals surface area contributed by atoms with Crippen molar-refractivity contribution in [2.75, 3.05) is 13.1 Å². The van der Waals surface area contributed by atoms with Crippen LogP contribution in [-0.2, 0) is 0 Å². The third-order valence-electron chi connectivity index (χ3n) is 5.97. The number of hydrogen-bond acceptors (Lipinski definition) is 2. The highest BCUT2D eigenvalue weighted by atomic mass is 35.5. The van der Waals surface area contributed by atoms with Gasteiger partial charge in [-0.25, -0.2) is 4.39 Å². The molecular formula is C25H25ClFN3O2. The minimum atomic E-state index is -0.371. The zero-order valence-electron chi connectivity index (χ0n) is 18.1. The fourth-order valence-electron chi connectivity index (χ4n) is 4.23. The van der Waals surface area contributed by atoms with Crippen molar-refractivity contribution in [3.63, 3.8) is 0 Å². The van der Waals surface area contributed by atoms with Gasteiger partial charge < -0.3 is 14.8 Å². The lowest BCUT2D eigenvalue weighted by Gasteiger charge is -2.32. The van der Waals surface area contributed by atoms with E-state index in [1.54, 1.807) is 0 Å². The molecule has 1 aromatic heterocycles. The zero-order valence-corrected chi connectivity index (χ0v) is 18.8. The molecule has 1 aliphatic rings. The molecule has 1 N–H and O–H groups in total. The second-order valence-electron chi connectivity index (χ2n) is 8.14. The van der Waals surface area contributed by atoms with Gasteiger partial charge >= 0.3 is 0 Å². The Balaban J connectivity index is 1.40. The molecule has 0 saturated carbocycles. The maximum atomic E-state index is 13.2. The number of aromatic nitrogens is 1. The fraction of sp³-hybridized carbons (Fsp3) is 0.280. The molecule has 7 heteroatoms. The summed E-state index contributed by atoms with van der Waals surface area (Å²) in [7, 11) is 0. The molecule has 0 radical (unpaired) electrons. The van der Waals surface area contributed by atoms with Gasteiger partial charge in [0.05, 0.1) is 5.56 Å². The van der Waals surface area contributed by atoms with Crippen molar-refractivity contribution in [2.45, 2.75) is 32.7 Å². The van der Waals surface area contributed by atoms with E-state index in [0.717, 1.165) is 17.1 Å². The van der Waals surface area contributed by atoms with Gasteiger partial charge in [0, 0.05) is 46.8 Å². The van der Waals surface area contributed by atoms with E-state index in [4.69, 9.17) is 11.6 Å². The molecule has 3 aromatic rings. The van der Waals surface area contributed by atoms with Crippen LogP contribution in [0.1, 0.15) is 44.9 Å². The van der Waals surface area contributed by atoms with Gasteiger partial charge in [-0.3, -0.25) is 9.59 Å². The average Bonchev–Trinajstić information content (AvgIpc) is 3.09. The summed E-state index contributed by atoms with van der Waals surface area (Å²) in [6, 6.07) is 14.9. The van der Waals surface area contributed by atoms with Crippen molar-refractivity contribution in [2.24, 2.45) is 0 Å². The lowest BCUT2D eigenvalue weighted by molar-refractivity contribution is 0.0697. The van der Waals surface area contributed by atoms with Crippen LogP contribution < -0.4 is 5.32 Å². The number of likely N-dealkylation sites (tertiary alicyclic amines) is 1. The molecule has 1 aliphatic heterocycles. The molecule has 5 nitrogen and oxygen atoms in total. The molecule has 1 saturated heterocycles. The van der Waals surface area contributed by atoms with Crippen LogP contribution >= 0.6 is 11.6 Å². The molecule has 4 rings (SSSR count). The van der Waals surface area contributed by atoms with Gasteiger partial charge in [-0.2, -0.15) is 0 Å². The number of nitrogens with one attached hydrogen (secondary N) is 1. The zero-order chi connectivity index (χ0) is 22.8. The fourth-order valence-corrected chi connectivity index (χ4v) is 4.36. The first-order valence-electron chi connectivity index (χ1n) is 10.6. The van der Waals surface area contributed by atoms with E-state index in [1.165, 1.54) is 24.3 Å². The third kappa shape index (κ3) is 4.55. The van der Waals surface area contributed by atoms with Crippen LogP contribution in [0, 0.1) is 19.7 Å². The van der Waals surface area contributed by atoms with Crippen LogP contribution in [0.5, 0.6) is 0 Å². The van der Waals surface area contributed by atoms with Crippen molar-refractivity contribution in [3.8, 4) is 5.69 Å². The monoisotopic (exact) mass is 453 g/mol. The molecule has 0 atom stereocenters. The standard InChI is InChI=1S/C25H25ClFN3O2/c1-16-15-23(17(2)30(16)22-9-5-19(26)6-10-22)25(32)29-13-11-21(12-14-29)28-24(31)18-3-7-20(27)8-4-18/h3-10,15,21H,11-14H2,1-2H3,(H,28,31). The van der Waals surface area contributed by atoms with E-state index < -0.39 is 0 Å². The minimum Gasteiger partial charge on any atom is -0.349 e. The Morgan fingerprint density at radius 1 is 1.00 bits per heavy atom. The van der Waals surface area contributed by atoms with Crippen LogP contribution in [0.15, 0.2) is 54.6 Å². The van der Waals surface area contributed by atoms with Gasteiger partial charge in [0.15, 0.2) is 0 Å². The number of carbonyl (C=O) groups is 2. The normalized spacial score (nSPS) is 14.4. The van der Waals surface area contributed by atoms with Crippen LogP contribution in [0.3, 0.4) is 0 Å². The van der Waals surface area contributed by atoms with Gasteiger partial charge in [0.1, 0.15) is 5.82 Å². The summed E-state index contributed by atoms with van der Waals surface area (Å²) in [5.41, 5.74) is 3.95. The molecule has 2 amide bonds. The van der Waals surface area contributed by atoms with Gasteiger partial charge in [0.25, 0.3) is 11.8 Å². The lowest BCUT2D eigenvalue weighted by atomic mass is 10.0. The largest absolute Gasteiger partial charge is 0.349 e. The molecular weight excluding hydrogens is 429 g/mol. The number of hydrogen-bond donors (Lipinski definition) is 1. The summed E-state index contributed by atoms with van der Waals surface area (Å²) in [5.74, 6) is -0.591. The van der Waals surface area contributed by atoms with E-state index in [9.17, 15) is 14.0 Å². The molecule has 1 fully saturated rings. The molecule has 0 aliphatic carbocycles. The summed E-state index contributed by atoms with van der Waals surface area (Å²) < 4.78 is 15.1. The van der Waals surface area contributed by atoms with Gasteiger partial charge in [0.2, 0.25) is 0 Å². The third-order valence-corrected chi connectivity index (χ3v) is 6.22. The Bertz CT molecular complexity index is 1130. The molecule has 32 heavy (non-hydrogen) atoms. The molecule has 0 bridgehead atoms. The summed E-state index contributed by atoms with van der Waals surface area (Å²) in [5, 5.41) is 3.66. The Kier molecular flexibility index (Phi) is 6.33. The number of benzene rings is 2. The second kappa shape index (κ2) is 9.17. The highest BCUT2D eigenvalue weighted by molar-refractivity contribution is 6.30. The van der Waals surface area contributed by atoms with E-state index >= 15 is 0 Å². The predicted octanol–water partition coefficient (Wildman–Crippen LogP) is 4.92. The smallest absolute Gasteiger partial charge is 0.255 e. The van der Waals surface area contributed by atoms with Crippen LogP contribution in [-0.4, -0.2) is 40.4 Å². The highest BCUT2D eigenvalue weighted by Crippen LogP contribution is 2.24. The number of amides is 2. The average molecular weight is 454 g/mol. The number of nitrogens with zero attached hydrogens (tertiary/aromatic N) is 2. The number of aryl methyl sites for hydroxylation is 1. The number of piperidine rings is 1. The van der Waals surface area contributed by atoms with Crippen LogP contribution in [0.25, 0.3) is 5.69 Å². The molecule has 0 unspecified atom stereocenters. The molecule has 166 valence electrons. The summed E-state index contributed by atoms with van der Waals surface area (Å²) in [6.07, 6.45) is 1.35. The van der Waals surface area contributed by atoms with E-state index in [2.05, 4.69) is 9.88 Å². The predicted molar refractivity (Wildman–Crippen MR) is 123 cm³/mol. The summed E-state index contributed by atoms with van der Waals surface area (Å²) >= 11 is 6.01.